The highest BCUT2D eigenvalue weighted by Crippen LogP contribution is 2.41. The smallest absolute Gasteiger partial charge is 0.427 e. The monoisotopic (exact) mass is 491 g/mol. The van der Waals surface area contributed by atoms with Gasteiger partial charge < -0.3 is 9.84 Å². The molecule has 4 nitrogen and oxygen atoms in total. The van der Waals surface area contributed by atoms with Crippen LogP contribution in [0.15, 0.2) is 30.3 Å². The molecular weight excluding hydrogens is 477 g/mol. The van der Waals surface area contributed by atoms with E-state index in [2.05, 4.69) is 4.37 Å². The van der Waals surface area contributed by atoms with Gasteiger partial charge in [-0.1, -0.05) is 23.7 Å². The molecule has 0 spiro atoms. The first-order chi connectivity index (χ1) is 15.0. The van der Waals surface area contributed by atoms with Gasteiger partial charge in [-0.15, -0.1) is 0 Å². The molecule has 32 heavy (non-hydrogen) atoms. The summed E-state index contributed by atoms with van der Waals surface area (Å²) in [5.41, 5.74) is 0.0246. The standard InChI is InChI=1S/C21H15ClF5NO3S/c1-10-12(4-7-16(29)30)8-15(23)19(17(10)24)31-9-14-18(11-2-5-13(22)6-3-11)28-32-20(14)21(25,26)27/h2-3,5-6,8H,4,7,9H2,1H3,(H,29,30). The number of carboxylic acid groups (broad SMARTS) is 1. The minimum atomic E-state index is -4.74. The van der Waals surface area contributed by atoms with Crippen molar-refractivity contribution in [1.82, 2.24) is 4.37 Å². The largest absolute Gasteiger partial charge is 0.483 e. The molecule has 3 aromatic rings. The summed E-state index contributed by atoms with van der Waals surface area (Å²) in [6.07, 6.45) is -5.18. The highest BCUT2D eigenvalue weighted by molar-refractivity contribution is 7.06. The summed E-state index contributed by atoms with van der Waals surface area (Å²) >= 11 is 6.03. The van der Waals surface area contributed by atoms with Gasteiger partial charge in [0.15, 0.2) is 17.4 Å². The molecule has 0 aliphatic rings. The summed E-state index contributed by atoms with van der Waals surface area (Å²) in [5, 5.41) is 9.13. The van der Waals surface area contributed by atoms with E-state index < -0.39 is 41.0 Å². The van der Waals surface area contributed by atoms with Crippen LogP contribution in [0.4, 0.5) is 22.0 Å². The second-order valence-corrected chi connectivity index (χ2v) is 8.02. The Kier molecular flexibility index (Phi) is 7.04. The van der Waals surface area contributed by atoms with Gasteiger partial charge in [0.05, 0.1) is 5.69 Å². The maximum Gasteiger partial charge on any atom is 0.427 e. The van der Waals surface area contributed by atoms with Crippen molar-refractivity contribution in [3.05, 3.63) is 68.6 Å². The fraction of sp³-hybridized carbons (Fsp3) is 0.238. The van der Waals surface area contributed by atoms with E-state index in [9.17, 15) is 26.7 Å². The van der Waals surface area contributed by atoms with Crippen LogP contribution in [0.2, 0.25) is 5.02 Å². The SMILES string of the molecule is Cc1c(CCC(=O)O)cc(F)c(OCc2c(-c3ccc(Cl)cc3)nsc2C(F)(F)F)c1F. The lowest BCUT2D eigenvalue weighted by molar-refractivity contribution is -0.137. The Bertz CT molecular complexity index is 1150. The number of rotatable bonds is 7. The molecule has 0 aliphatic carbocycles. The highest BCUT2D eigenvalue weighted by Gasteiger charge is 2.38. The van der Waals surface area contributed by atoms with Gasteiger partial charge in [-0.2, -0.15) is 17.5 Å². The number of ether oxygens (including phenoxy) is 1. The summed E-state index contributed by atoms with van der Waals surface area (Å²) in [6.45, 7) is 0.524. The van der Waals surface area contributed by atoms with E-state index in [1.165, 1.54) is 31.2 Å². The van der Waals surface area contributed by atoms with Gasteiger partial charge in [-0.25, -0.2) is 8.78 Å². The van der Waals surface area contributed by atoms with Gasteiger partial charge in [-0.05, 0) is 54.2 Å². The Morgan fingerprint density at radius 2 is 1.88 bits per heavy atom. The number of aromatic nitrogens is 1. The molecule has 0 fully saturated rings. The topological polar surface area (TPSA) is 59.4 Å². The fourth-order valence-electron chi connectivity index (χ4n) is 3.02. The first-order valence-corrected chi connectivity index (χ1v) is 10.3. The quantitative estimate of drug-likeness (QED) is 0.375. The van der Waals surface area contributed by atoms with E-state index in [1.54, 1.807) is 0 Å². The molecule has 2 aromatic carbocycles. The van der Waals surface area contributed by atoms with Crippen LogP contribution >= 0.6 is 23.1 Å². The van der Waals surface area contributed by atoms with E-state index in [1.807, 2.05) is 0 Å². The number of benzene rings is 2. The van der Waals surface area contributed by atoms with Crippen LogP contribution in [-0.4, -0.2) is 15.4 Å². The lowest BCUT2D eigenvalue weighted by atomic mass is 10.0. The number of nitrogens with zero attached hydrogens (tertiary/aromatic N) is 1. The zero-order valence-corrected chi connectivity index (χ0v) is 18.0. The maximum atomic E-state index is 14.7. The van der Waals surface area contributed by atoms with E-state index in [0.717, 1.165) is 6.07 Å². The number of carboxylic acids is 1. The Morgan fingerprint density at radius 3 is 2.47 bits per heavy atom. The van der Waals surface area contributed by atoms with E-state index >= 15 is 0 Å². The molecule has 0 saturated heterocycles. The number of carbonyl (C=O) groups is 1. The Hall–Kier alpha value is -2.72. The predicted octanol–water partition coefficient (Wildman–Crippen LogP) is 6.67. The van der Waals surface area contributed by atoms with Crippen molar-refractivity contribution in [2.45, 2.75) is 32.5 Å². The zero-order valence-electron chi connectivity index (χ0n) is 16.4. The van der Waals surface area contributed by atoms with Crippen LogP contribution in [0.5, 0.6) is 5.75 Å². The van der Waals surface area contributed by atoms with Crippen molar-refractivity contribution in [3.63, 3.8) is 0 Å². The summed E-state index contributed by atoms with van der Waals surface area (Å²) < 4.78 is 78.7. The van der Waals surface area contributed by atoms with Crippen molar-refractivity contribution in [2.24, 2.45) is 0 Å². The third kappa shape index (κ3) is 5.18. The molecule has 170 valence electrons. The maximum absolute atomic E-state index is 14.7. The van der Waals surface area contributed by atoms with Crippen molar-refractivity contribution >= 4 is 29.1 Å². The van der Waals surface area contributed by atoms with Gasteiger partial charge in [0, 0.05) is 22.6 Å². The molecule has 0 bridgehead atoms. The van der Waals surface area contributed by atoms with Crippen LogP contribution in [0.3, 0.4) is 0 Å². The average Bonchev–Trinajstić information content (AvgIpc) is 3.14. The number of halogens is 6. The Balaban J connectivity index is 1.96. The third-order valence-electron chi connectivity index (χ3n) is 4.66. The molecule has 1 heterocycles. The van der Waals surface area contributed by atoms with Gasteiger partial charge >= 0.3 is 12.1 Å². The van der Waals surface area contributed by atoms with Crippen molar-refractivity contribution in [3.8, 4) is 17.0 Å². The number of hydrogen-bond donors (Lipinski definition) is 1. The minimum Gasteiger partial charge on any atom is -0.483 e. The molecular formula is C21H15ClF5NO3S. The Morgan fingerprint density at radius 1 is 1.22 bits per heavy atom. The first-order valence-electron chi connectivity index (χ1n) is 9.12. The number of aliphatic carboxylic acids is 1. The van der Waals surface area contributed by atoms with Crippen molar-refractivity contribution in [1.29, 1.82) is 0 Å². The Labute approximate surface area is 188 Å². The lowest BCUT2D eigenvalue weighted by Gasteiger charge is -2.15. The molecule has 11 heteroatoms. The highest BCUT2D eigenvalue weighted by atomic mass is 35.5. The van der Waals surface area contributed by atoms with Crippen molar-refractivity contribution in [2.75, 3.05) is 0 Å². The summed E-state index contributed by atoms with van der Waals surface area (Å²) in [7, 11) is 0. The van der Waals surface area contributed by atoms with E-state index in [4.69, 9.17) is 21.4 Å². The third-order valence-corrected chi connectivity index (χ3v) is 5.85. The summed E-state index contributed by atoms with van der Waals surface area (Å²) in [5.74, 6) is -4.22. The summed E-state index contributed by atoms with van der Waals surface area (Å²) in [4.78, 5) is 9.68. The van der Waals surface area contributed by atoms with E-state index in [-0.39, 0.29) is 46.8 Å². The molecule has 3 rings (SSSR count). The molecule has 1 N–H and O–H groups in total. The van der Waals surface area contributed by atoms with Gasteiger partial charge in [-0.3, -0.25) is 4.79 Å². The molecule has 0 saturated carbocycles. The van der Waals surface area contributed by atoms with Crippen LogP contribution < -0.4 is 4.74 Å². The molecule has 0 atom stereocenters. The molecule has 0 radical (unpaired) electrons. The van der Waals surface area contributed by atoms with Gasteiger partial charge in [0.25, 0.3) is 0 Å². The normalized spacial score (nSPS) is 11.6. The predicted molar refractivity (Wildman–Crippen MR) is 109 cm³/mol. The molecule has 1 aromatic heterocycles. The lowest BCUT2D eigenvalue weighted by Crippen LogP contribution is -2.10. The number of aryl methyl sites for hydroxylation is 1. The average molecular weight is 492 g/mol. The van der Waals surface area contributed by atoms with E-state index in [0.29, 0.717) is 10.6 Å². The molecule has 0 amide bonds. The second kappa shape index (κ2) is 9.41. The second-order valence-electron chi connectivity index (χ2n) is 6.81. The van der Waals surface area contributed by atoms with Crippen LogP contribution in [0.25, 0.3) is 11.3 Å². The fourth-order valence-corrected chi connectivity index (χ4v) is 3.91. The summed E-state index contributed by atoms with van der Waals surface area (Å²) in [6, 6.07) is 6.83. The van der Waals surface area contributed by atoms with Gasteiger partial charge in [0.2, 0.25) is 0 Å². The van der Waals surface area contributed by atoms with Crippen LogP contribution in [0.1, 0.15) is 28.0 Å². The van der Waals surface area contributed by atoms with Crippen LogP contribution in [-0.2, 0) is 24.0 Å². The van der Waals surface area contributed by atoms with Crippen LogP contribution in [0, 0.1) is 18.6 Å². The number of alkyl halides is 3. The van der Waals surface area contributed by atoms with Gasteiger partial charge in [0.1, 0.15) is 11.5 Å². The molecule has 0 aliphatic heterocycles. The first kappa shape index (κ1) is 23.9. The minimum absolute atomic E-state index is 0.0328. The van der Waals surface area contributed by atoms with Crippen molar-refractivity contribution < 1.29 is 36.6 Å². The molecule has 0 unspecified atom stereocenters. The number of hydrogen-bond acceptors (Lipinski definition) is 4. The zero-order chi connectivity index (χ0) is 23.6.